The predicted molar refractivity (Wildman–Crippen MR) is 80.3 cm³/mol. The van der Waals surface area contributed by atoms with Crippen molar-refractivity contribution in [1.29, 1.82) is 0 Å². The van der Waals surface area contributed by atoms with E-state index in [1.807, 2.05) is 20.8 Å². The van der Waals surface area contributed by atoms with Crippen LogP contribution in [0.4, 0.5) is 4.79 Å². The number of aromatic nitrogens is 1. The Bertz CT molecular complexity index is 531. The summed E-state index contributed by atoms with van der Waals surface area (Å²) in [7, 11) is 0. The van der Waals surface area contributed by atoms with Crippen LogP contribution in [-0.2, 0) is 4.79 Å². The first-order valence-corrected chi connectivity index (χ1v) is 7.92. The van der Waals surface area contributed by atoms with Crippen LogP contribution in [0.3, 0.4) is 0 Å². The molecule has 1 aromatic rings. The number of carbonyl (C=O) groups is 2. The number of hydrogen-bond donors (Lipinski definition) is 2. The second-order valence-corrected chi connectivity index (χ2v) is 6.92. The minimum Gasteiger partial charge on any atom is -0.480 e. The highest BCUT2D eigenvalue weighted by Crippen LogP contribution is 2.24. The maximum atomic E-state index is 12.3. The van der Waals surface area contributed by atoms with Crippen LogP contribution in [-0.4, -0.2) is 39.6 Å². The number of hydrogen-bond acceptors (Lipinski definition) is 4. The maximum Gasteiger partial charge on any atom is 0.326 e. The van der Waals surface area contributed by atoms with Crippen molar-refractivity contribution in [2.45, 2.75) is 45.7 Å². The number of rotatable bonds is 3. The third kappa shape index (κ3) is 3.72. The molecular formula is C14H21N3O3S. The zero-order valence-corrected chi connectivity index (χ0v) is 13.3. The van der Waals surface area contributed by atoms with E-state index in [0.29, 0.717) is 18.9 Å². The zero-order chi connectivity index (χ0) is 15.6. The second-order valence-electron chi connectivity index (χ2n) is 5.66. The first-order valence-electron chi connectivity index (χ1n) is 7.10. The van der Waals surface area contributed by atoms with Crippen molar-refractivity contribution in [3.8, 4) is 0 Å². The van der Waals surface area contributed by atoms with Gasteiger partial charge in [0.1, 0.15) is 11.0 Å². The minimum atomic E-state index is -0.936. The van der Waals surface area contributed by atoms with E-state index in [2.05, 4.69) is 10.3 Å². The van der Waals surface area contributed by atoms with Crippen LogP contribution in [0.5, 0.6) is 0 Å². The predicted octanol–water partition coefficient (Wildman–Crippen LogP) is 2.41. The number of likely N-dealkylation sites (tertiary alicyclic amines) is 1. The summed E-state index contributed by atoms with van der Waals surface area (Å²) in [6.07, 6.45) is 3.11. The van der Waals surface area contributed by atoms with E-state index in [0.717, 1.165) is 16.3 Å². The van der Waals surface area contributed by atoms with Gasteiger partial charge in [0.15, 0.2) is 0 Å². The molecule has 2 rings (SSSR count). The molecule has 2 N–H and O–H groups in total. The smallest absolute Gasteiger partial charge is 0.326 e. The molecule has 1 fully saturated rings. The fourth-order valence-corrected chi connectivity index (χ4v) is 3.30. The molecule has 21 heavy (non-hydrogen) atoms. The van der Waals surface area contributed by atoms with Crippen LogP contribution < -0.4 is 5.32 Å². The van der Waals surface area contributed by atoms with E-state index >= 15 is 0 Å². The van der Waals surface area contributed by atoms with Gasteiger partial charge in [0.25, 0.3) is 0 Å². The van der Waals surface area contributed by atoms with Gasteiger partial charge in [-0.05, 0) is 32.6 Å². The Kier molecular flexibility index (Phi) is 4.82. The van der Waals surface area contributed by atoms with Gasteiger partial charge < -0.3 is 15.3 Å². The number of nitrogens with zero attached hydrogens (tertiary/aromatic N) is 2. The molecule has 7 heteroatoms. The summed E-state index contributed by atoms with van der Waals surface area (Å²) < 4.78 is 0. The lowest BCUT2D eigenvalue weighted by atomic mass is 9.93. The van der Waals surface area contributed by atoms with Crippen molar-refractivity contribution in [2.75, 3.05) is 6.54 Å². The quantitative estimate of drug-likeness (QED) is 0.898. The molecule has 6 nitrogen and oxygen atoms in total. The fourth-order valence-electron chi connectivity index (χ4n) is 2.52. The maximum absolute atomic E-state index is 12.3. The van der Waals surface area contributed by atoms with E-state index < -0.39 is 12.0 Å². The monoisotopic (exact) mass is 311 g/mol. The summed E-state index contributed by atoms with van der Waals surface area (Å²) in [5.41, 5.74) is 0. The van der Waals surface area contributed by atoms with Crippen molar-refractivity contribution >= 4 is 23.3 Å². The molecule has 0 saturated carbocycles. The van der Waals surface area contributed by atoms with Crippen LogP contribution in [0, 0.1) is 12.8 Å². The molecule has 2 heterocycles. The highest BCUT2D eigenvalue weighted by Gasteiger charge is 2.35. The van der Waals surface area contributed by atoms with Crippen molar-refractivity contribution in [3.05, 3.63) is 16.1 Å². The number of carboxylic acids is 1. The molecule has 3 atom stereocenters. The number of thiazole rings is 1. The van der Waals surface area contributed by atoms with Gasteiger partial charge in [-0.2, -0.15) is 0 Å². The van der Waals surface area contributed by atoms with Gasteiger partial charge in [-0.25, -0.2) is 14.6 Å². The molecule has 1 aliphatic heterocycles. The number of carbonyl (C=O) groups excluding carboxylic acids is 1. The van der Waals surface area contributed by atoms with Crippen molar-refractivity contribution in [3.63, 3.8) is 0 Å². The molecule has 1 aromatic heterocycles. The third-order valence-corrected chi connectivity index (χ3v) is 4.86. The fraction of sp³-hybridized carbons (Fsp3) is 0.643. The molecule has 3 unspecified atom stereocenters. The van der Waals surface area contributed by atoms with Gasteiger partial charge in [-0.3, -0.25) is 0 Å². The molecule has 1 aliphatic rings. The van der Waals surface area contributed by atoms with Crippen molar-refractivity contribution in [2.24, 2.45) is 5.92 Å². The Morgan fingerprint density at radius 2 is 2.29 bits per heavy atom. The minimum absolute atomic E-state index is 0.218. The molecule has 116 valence electrons. The van der Waals surface area contributed by atoms with Crippen LogP contribution in [0.1, 0.15) is 42.6 Å². The summed E-state index contributed by atoms with van der Waals surface area (Å²) in [4.78, 5) is 30.4. The van der Waals surface area contributed by atoms with Gasteiger partial charge in [0, 0.05) is 17.6 Å². The Hall–Kier alpha value is -1.63. The van der Waals surface area contributed by atoms with Crippen molar-refractivity contribution in [1.82, 2.24) is 15.2 Å². The van der Waals surface area contributed by atoms with Crippen LogP contribution in [0.2, 0.25) is 0 Å². The van der Waals surface area contributed by atoms with E-state index in [9.17, 15) is 14.7 Å². The van der Waals surface area contributed by atoms with Crippen molar-refractivity contribution < 1.29 is 14.7 Å². The molecular weight excluding hydrogens is 290 g/mol. The highest BCUT2D eigenvalue weighted by molar-refractivity contribution is 7.11. The molecule has 2 amide bonds. The Balaban J connectivity index is 2.02. The third-order valence-electron chi connectivity index (χ3n) is 3.76. The Labute approximate surface area is 128 Å². The van der Waals surface area contributed by atoms with E-state index in [1.165, 1.54) is 16.2 Å². The number of urea groups is 1. The number of aryl methyl sites for hydroxylation is 1. The van der Waals surface area contributed by atoms with Crippen LogP contribution >= 0.6 is 11.3 Å². The summed E-state index contributed by atoms with van der Waals surface area (Å²) in [5.74, 6) is -0.608. The molecule has 1 saturated heterocycles. The van der Waals surface area contributed by atoms with Gasteiger partial charge in [-0.15, -0.1) is 11.3 Å². The molecule has 0 aliphatic carbocycles. The van der Waals surface area contributed by atoms with Gasteiger partial charge in [0.2, 0.25) is 0 Å². The second kappa shape index (κ2) is 6.43. The van der Waals surface area contributed by atoms with Gasteiger partial charge in [0.05, 0.1) is 6.04 Å². The topological polar surface area (TPSA) is 82.5 Å². The number of aliphatic carboxylic acids is 1. The number of carboxylic acid groups (broad SMARTS) is 1. The van der Waals surface area contributed by atoms with Gasteiger partial charge in [-0.1, -0.05) is 6.92 Å². The largest absolute Gasteiger partial charge is 0.480 e. The average molecular weight is 311 g/mol. The summed E-state index contributed by atoms with van der Waals surface area (Å²) in [5, 5.41) is 13.0. The normalized spacial score (nSPS) is 23.7. The number of piperidine rings is 1. The zero-order valence-electron chi connectivity index (χ0n) is 12.5. The lowest BCUT2D eigenvalue weighted by Gasteiger charge is -2.36. The highest BCUT2D eigenvalue weighted by atomic mass is 32.1. The Morgan fingerprint density at radius 1 is 1.57 bits per heavy atom. The average Bonchev–Trinajstić information content (AvgIpc) is 2.85. The van der Waals surface area contributed by atoms with Crippen LogP contribution in [0.25, 0.3) is 0 Å². The lowest BCUT2D eigenvalue weighted by molar-refractivity contribution is -0.143. The standard InChI is InChI=1S/C14H21N3O3S/c1-8-4-5-17(11(6-8)13(18)19)14(20)16-10(3)12-15-7-9(2)21-12/h7-8,10-11H,4-6H2,1-3H3,(H,16,20)(H,18,19). The Morgan fingerprint density at radius 3 is 2.86 bits per heavy atom. The summed E-state index contributed by atoms with van der Waals surface area (Å²) in [6, 6.07) is -1.28. The first kappa shape index (κ1) is 15.8. The first-order chi connectivity index (χ1) is 9.88. The summed E-state index contributed by atoms with van der Waals surface area (Å²) >= 11 is 1.53. The van der Waals surface area contributed by atoms with Crippen LogP contribution in [0.15, 0.2) is 6.20 Å². The molecule has 0 bridgehead atoms. The van der Waals surface area contributed by atoms with E-state index in [4.69, 9.17) is 0 Å². The van der Waals surface area contributed by atoms with Gasteiger partial charge >= 0.3 is 12.0 Å². The molecule has 0 aromatic carbocycles. The number of nitrogens with one attached hydrogen (secondary N) is 1. The summed E-state index contributed by atoms with van der Waals surface area (Å²) in [6.45, 7) is 6.32. The van der Waals surface area contributed by atoms with E-state index in [1.54, 1.807) is 6.20 Å². The number of amides is 2. The molecule has 0 spiro atoms. The molecule has 0 radical (unpaired) electrons. The lowest BCUT2D eigenvalue weighted by Crippen LogP contribution is -2.53. The van der Waals surface area contributed by atoms with E-state index in [-0.39, 0.29) is 12.1 Å². The SMILES string of the molecule is Cc1cnc(C(C)NC(=O)N2CCC(C)CC2C(=O)O)s1.